The number of hydrogen-bond acceptors (Lipinski definition) is 5. The van der Waals surface area contributed by atoms with Gasteiger partial charge in [-0.3, -0.25) is 0 Å². The van der Waals surface area contributed by atoms with Gasteiger partial charge in [0.2, 0.25) is 5.88 Å². The highest BCUT2D eigenvalue weighted by molar-refractivity contribution is 7.99. The SMILES string of the molecule is CSC1CCCC(Nc2ccc(N)c(OC(C)(C)C)n2)C1. The van der Waals surface area contributed by atoms with E-state index in [1.54, 1.807) is 0 Å². The fourth-order valence-corrected chi connectivity index (χ4v) is 3.43. The first-order valence-electron chi connectivity index (χ1n) is 7.62. The van der Waals surface area contributed by atoms with Gasteiger partial charge in [0.15, 0.2) is 0 Å². The molecule has 1 saturated carbocycles. The topological polar surface area (TPSA) is 60.2 Å². The standard InChI is InChI=1S/C16H27N3OS/c1-16(2,3)20-15-13(17)8-9-14(19-15)18-11-6-5-7-12(10-11)21-4/h8-9,11-12H,5-7,10,17H2,1-4H3,(H,18,19). The number of aromatic nitrogens is 1. The Bertz CT molecular complexity index is 473. The second kappa shape index (κ2) is 6.77. The predicted octanol–water partition coefficient (Wildman–Crippen LogP) is 3.93. The van der Waals surface area contributed by atoms with E-state index < -0.39 is 0 Å². The Morgan fingerprint density at radius 1 is 1.33 bits per heavy atom. The third-order valence-electron chi connectivity index (χ3n) is 3.60. The molecule has 4 nitrogen and oxygen atoms in total. The molecule has 1 aliphatic carbocycles. The van der Waals surface area contributed by atoms with E-state index in [0.29, 0.717) is 17.6 Å². The van der Waals surface area contributed by atoms with Crippen LogP contribution in [-0.4, -0.2) is 28.1 Å². The maximum absolute atomic E-state index is 5.95. The zero-order valence-corrected chi connectivity index (χ0v) is 14.3. The molecule has 2 unspecified atom stereocenters. The van der Waals surface area contributed by atoms with E-state index in [-0.39, 0.29) is 5.60 Å². The van der Waals surface area contributed by atoms with Gasteiger partial charge in [0.1, 0.15) is 11.4 Å². The number of hydrogen-bond donors (Lipinski definition) is 2. The summed E-state index contributed by atoms with van der Waals surface area (Å²) in [5.41, 5.74) is 6.24. The van der Waals surface area contributed by atoms with E-state index in [2.05, 4.69) is 16.6 Å². The van der Waals surface area contributed by atoms with Gasteiger partial charge >= 0.3 is 0 Å². The molecule has 118 valence electrons. The molecule has 1 aliphatic rings. The lowest BCUT2D eigenvalue weighted by Gasteiger charge is -2.29. The zero-order chi connectivity index (χ0) is 15.5. The number of nitrogens with zero attached hydrogens (tertiary/aromatic N) is 1. The maximum atomic E-state index is 5.95. The van der Waals surface area contributed by atoms with Crippen molar-refractivity contribution >= 4 is 23.3 Å². The van der Waals surface area contributed by atoms with Crippen molar-refractivity contribution in [3.8, 4) is 5.88 Å². The molecule has 0 aliphatic heterocycles. The summed E-state index contributed by atoms with van der Waals surface area (Å²) in [4.78, 5) is 4.54. The Morgan fingerprint density at radius 2 is 2.10 bits per heavy atom. The molecule has 2 rings (SSSR count). The van der Waals surface area contributed by atoms with Gasteiger partial charge in [0.05, 0.1) is 5.69 Å². The number of rotatable bonds is 4. The molecule has 1 fully saturated rings. The number of pyridine rings is 1. The second-order valence-corrected chi connectivity index (χ2v) is 7.81. The molecular weight excluding hydrogens is 282 g/mol. The van der Waals surface area contributed by atoms with Crippen LogP contribution >= 0.6 is 11.8 Å². The monoisotopic (exact) mass is 309 g/mol. The third kappa shape index (κ3) is 4.99. The average Bonchev–Trinajstić information content (AvgIpc) is 2.41. The van der Waals surface area contributed by atoms with Crippen LogP contribution < -0.4 is 15.8 Å². The van der Waals surface area contributed by atoms with Crippen LogP contribution in [0.4, 0.5) is 11.5 Å². The lowest BCUT2D eigenvalue weighted by Crippen LogP contribution is -2.29. The first-order valence-corrected chi connectivity index (χ1v) is 8.91. The summed E-state index contributed by atoms with van der Waals surface area (Å²) in [6.45, 7) is 6.00. The van der Waals surface area contributed by atoms with Gasteiger partial charge < -0.3 is 15.8 Å². The molecule has 0 aromatic carbocycles. The number of ether oxygens (including phenoxy) is 1. The van der Waals surface area contributed by atoms with E-state index in [1.165, 1.54) is 25.7 Å². The van der Waals surface area contributed by atoms with Gasteiger partial charge in [-0.2, -0.15) is 16.7 Å². The first kappa shape index (κ1) is 16.3. The Hall–Kier alpha value is -1.10. The van der Waals surface area contributed by atoms with Crippen molar-refractivity contribution < 1.29 is 4.74 Å². The van der Waals surface area contributed by atoms with Gasteiger partial charge in [-0.1, -0.05) is 6.42 Å². The summed E-state index contributed by atoms with van der Waals surface area (Å²) in [5.74, 6) is 1.37. The van der Waals surface area contributed by atoms with Crippen LogP contribution in [0, 0.1) is 0 Å². The number of nitrogens with two attached hydrogens (primary N) is 1. The summed E-state index contributed by atoms with van der Waals surface area (Å²) < 4.78 is 5.82. The molecule has 0 amide bonds. The van der Waals surface area contributed by atoms with Crippen LogP contribution in [-0.2, 0) is 0 Å². The van der Waals surface area contributed by atoms with E-state index >= 15 is 0 Å². The van der Waals surface area contributed by atoms with Crippen LogP contribution in [0.5, 0.6) is 5.88 Å². The maximum Gasteiger partial charge on any atom is 0.239 e. The molecular formula is C16H27N3OS. The Balaban J connectivity index is 2.05. The van der Waals surface area contributed by atoms with Gasteiger partial charge in [0.25, 0.3) is 0 Å². The minimum atomic E-state index is -0.297. The number of nitrogen functional groups attached to an aromatic ring is 1. The van der Waals surface area contributed by atoms with Crippen molar-refractivity contribution in [2.45, 2.75) is 63.3 Å². The van der Waals surface area contributed by atoms with Crippen LogP contribution in [0.15, 0.2) is 12.1 Å². The highest BCUT2D eigenvalue weighted by atomic mass is 32.2. The molecule has 0 radical (unpaired) electrons. The molecule has 3 N–H and O–H groups in total. The quantitative estimate of drug-likeness (QED) is 0.882. The molecule has 0 spiro atoms. The zero-order valence-electron chi connectivity index (χ0n) is 13.5. The van der Waals surface area contributed by atoms with Gasteiger partial charge in [-0.25, -0.2) is 0 Å². The average molecular weight is 309 g/mol. The fraction of sp³-hybridized carbons (Fsp3) is 0.688. The number of nitrogens with one attached hydrogen (secondary N) is 1. The van der Waals surface area contributed by atoms with Crippen molar-refractivity contribution in [2.75, 3.05) is 17.3 Å². The van der Waals surface area contributed by atoms with Gasteiger partial charge in [0, 0.05) is 11.3 Å². The van der Waals surface area contributed by atoms with Crippen LogP contribution in [0.1, 0.15) is 46.5 Å². The molecule has 1 heterocycles. The fourth-order valence-electron chi connectivity index (χ4n) is 2.60. The van der Waals surface area contributed by atoms with Crippen molar-refractivity contribution in [1.82, 2.24) is 4.98 Å². The number of anilines is 2. The van der Waals surface area contributed by atoms with E-state index in [0.717, 1.165) is 11.1 Å². The molecule has 5 heteroatoms. The molecule has 0 bridgehead atoms. The van der Waals surface area contributed by atoms with Crippen molar-refractivity contribution in [1.29, 1.82) is 0 Å². The van der Waals surface area contributed by atoms with Gasteiger partial charge in [-0.15, -0.1) is 0 Å². The van der Waals surface area contributed by atoms with Crippen molar-refractivity contribution in [3.63, 3.8) is 0 Å². The molecule has 2 atom stereocenters. The normalized spacial score (nSPS) is 22.9. The minimum Gasteiger partial charge on any atom is -0.470 e. The van der Waals surface area contributed by atoms with Gasteiger partial charge in [-0.05, 0) is 58.4 Å². The summed E-state index contributed by atoms with van der Waals surface area (Å²) in [6, 6.07) is 4.30. The lowest BCUT2D eigenvalue weighted by atomic mass is 9.95. The molecule has 1 aromatic heterocycles. The molecule has 21 heavy (non-hydrogen) atoms. The number of thioether (sulfide) groups is 1. The summed E-state index contributed by atoms with van der Waals surface area (Å²) in [7, 11) is 0. The Kier molecular flexibility index (Phi) is 5.25. The smallest absolute Gasteiger partial charge is 0.239 e. The van der Waals surface area contributed by atoms with Crippen molar-refractivity contribution in [3.05, 3.63) is 12.1 Å². The van der Waals surface area contributed by atoms with E-state index in [9.17, 15) is 0 Å². The molecule has 0 saturated heterocycles. The first-order chi connectivity index (χ1) is 9.87. The van der Waals surface area contributed by atoms with Crippen LogP contribution in [0.2, 0.25) is 0 Å². The Morgan fingerprint density at radius 3 is 2.76 bits per heavy atom. The summed E-state index contributed by atoms with van der Waals surface area (Å²) in [6.07, 6.45) is 7.21. The summed E-state index contributed by atoms with van der Waals surface area (Å²) >= 11 is 1.97. The second-order valence-electron chi connectivity index (χ2n) is 6.67. The van der Waals surface area contributed by atoms with E-state index in [4.69, 9.17) is 10.5 Å². The highest BCUT2D eigenvalue weighted by Crippen LogP contribution is 2.30. The highest BCUT2D eigenvalue weighted by Gasteiger charge is 2.22. The third-order valence-corrected chi connectivity index (χ3v) is 4.70. The molecule has 1 aromatic rings. The van der Waals surface area contributed by atoms with Crippen LogP contribution in [0.3, 0.4) is 0 Å². The lowest BCUT2D eigenvalue weighted by molar-refractivity contribution is 0.125. The predicted molar refractivity (Wildman–Crippen MR) is 92.2 cm³/mol. The minimum absolute atomic E-state index is 0.297. The van der Waals surface area contributed by atoms with Crippen LogP contribution in [0.25, 0.3) is 0 Å². The van der Waals surface area contributed by atoms with Crippen molar-refractivity contribution in [2.24, 2.45) is 0 Å². The largest absolute Gasteiger partial charge is 0.470 e. The van der Waals surface area contributed by atoms with E-state index in [1.807, 2.05) is 44.7 Å². The Labute approximate surface area is 132 Å². The summed E-state index contributed by atoms with van der Waals surface area (Å²) in [5, 5.41) is 4.30.